The number of anilines is 1. The van der Waals surface area contributed by atoms with Gasteiger partial charge < -0.3 is 30.7 Å². The van der Waals surface area contributed by atoms with E-state index in [-0.39, 0.29) is 17.7 Å². The molecule has 2 aromatic heterocycles. The largest absolute Gasteiger partial charge is 0.469 e. The highest BCUT2D eigenvalue weighted by atomic mass is 16.6. The number of hydrogen-bond acceptors (Lipinski definition) is 10. The van der Waals surface area contributed by atoms with Crippen molar-refractivity contribution < 1.29 is 29.3 Å². The fourth-order valence-electron chi connectivity index (χ4n) is 5.07. The molecule has 1 saturated heterocycles. The molecule has 2 aromatic rings. The lowest BCUT2D eigenvalue weighted by molar-refractivity contribution is -0.146. The van der Waals surface area contributed by atoms with E-state index in [1.807, 2.05) is 0 Å². The van der Waals surface area contributed by atoms with Crippen LogP contribution >= 0.6 is 0 Å². The summed E-state index contributed by atoms with van der Waals surface area (Å²) in [5.41, 5.74) is 6.87. The minimum Gasteiger partial charge on any atom is -0.469 e. The molecule has 12 nitrogen and oxygen atoms in total. The number of aliphatic hydroxyl groups excluding tert-OH is 2. The third-order valence-corrected chi connectivity index (χ3v) is 7.01. The van der Waals surface area contributed by atoms with Crippen molar-refractivity contribution in [1.29, 1.82) is 0 Å². The predicted octanol–water partition coefficient (Wildman–Crippen LogP) is 0.466. The summed E-state index contributed by atoms with van der Waals surface area (Å²) >= 11 is 0. The number of fused-ring (bicyclic) bond motifs is 1. The number of ether oxygens (including phenoxy) is 2. The number of methoxy groups -OCH3 is 1. The first-order valence-corrected chi connectivity index (χ1v) is 12.2. The van der Waals surface area contributed by atoms with Crippen molar-refractivity contribution in [2.24, 2.45) is 11.8 Å². The third-order valence-electron chi connectivity index (χ3n) is 7.01. The first-order valence-electron chi connectivity index (χ1n) is 12.2. The number of likely N-dealkylation sites (N-methyl/N-ethyl adjacent to an activating group) is 1. The Hall–Kier alpha value is -2.83. The summed E-state index contributed by atoms with van der Waals surface area (Å²) in [4.78, 5) is 37.2. The van der Waals surface area contributed by atoms with E-state index in [1.54, 1.807) is 6.92 Å². The first-order chi connectivity index (χ1) is 16.8. The Bertz CT molecular complexity index is 1050. The zero-order valence-electron chi connectivity index (χ0n) is 20.1. The van der Waals surface area contributed by atoms with E-state index in [0.29, 0.717) is 35.9 Å². The molecule has 5 N–H and O–H groups in total. The minimum atomic E-state index is -1.39. The average Bonchev–Trinajstić information content (AvgIpc) is 3.40. The number of amides is 1. The van der Waals surface area contributed by atoms with Gasteiger partial charge in [0, 0.05) is 13.0 Å². The zero-order valence-corrected chi connectivity index (χ0v) is 20.1. The molecule has 3 heterocycles. The van der Waals surface area contributed by atoms with Crippen molar-refractivity contribution in [2.75, 3.05) is 19.4 Å². The second-order valence-corrected chi connectivity index (χ2v) is 9.31. The van der Waals surface area contributed by atoms with Gasteiger partial charge in [-0.15, -0.1) is 0 Å². The summed E-state index contributed by atoms with van der Waals surface area (Å²) in [6.45, 7) is 2.13. The summed E-state index contributed by atoms with van der Waals surface area (Å²) in [7, 11) is 1.44. The van der Waals surface area contributed by atoms with Crippen molar-refractivity contribution in [1.82, 2.24) is 24.8 Å². The van der Waals surface area contributed by atoms with Gasteiger partial charge in [-0.3, -0.25) is 14.2 Å². The number of carbonyl (C=O) groups is 2. The highest BCUT2D eigenvalue weighted by molar-refractivity contribution is 5.83. The van der Waals surface area contributed by atoms with Crippen molar-refractivity contribution in [3.63, 3.8) is 0 Å². The molecule has 1 aliphatic carbocycles. The number of nitrogens with one attached hydrogen (secondary N) is 1. The van der Waals surface area contributed by atoms with Crippen LogP contribution in [-0.2, 0) is 25.5 Å². The summed E-state index contributed by atoms with van der Waals surface area (Å²) in [6.07, 6.45) is 2.62. The molecule has 2 aliphatic rings. The molecule has 12 heteroatoms. The number of carbonyl (C=O) groups excluding carboxylic acids is 2. The van der Waals surface area contributed by atoms with Gasteiger partial charge in [-0.25, -0.2) is 15.0 Å². The van der Waals surface area contributed by atoms with Crippen molar-refractivity contribution in [3.8, 4) is 0 Å². The second kappa shape index (κ2) is 10.8. The molecule has 192 valence electrons. The Morgan fingerprint density at radius 1 is 1.23 bits per heavy atom. The van der Waals surface area contributed by atoms with Crippen LogP contribution < -0.4 is 11.1 Å². The van der Waals surface area contributed by atoms with E-state index >= 15 is 0 Å². The van der Waals surface area contributed by atoms with Crippen LogP contribution in [0.1, 0.15) is 57.5 Å². The van der Waals surface area contributed by atoms with E-state index in [2.05, 4.69) is 20.3 Å². The number of nitrogen functional groups attached to an aromatic ring is 1. The molecule has 4 rings (SSSR count). The van der Waals surface area contributed by atoms with Crippen molar-refractivity contribution in [3.05, 3.63) is 12.2 Å². The monoisotopic (exact) mass is 490 g/mol. The van der Waals surface area contributed by atoms with Crippen molar-refractivity contribution in [2.45, 2.75) is 76.4 Å². The molecule has 35 heavy (non-hydrogen) atoms. The number of rotatable bonds is 8. The average molecular weight is 491 g/mol. The fourth-order valence-corrected chi connectivity index (χ4v) is 5.07. The van der Waals surface area contributed by atoms with Gasteiger partial charge >= 0.3 is 5.97 Å². The lowest BCUT2D eigenvalue weighted by Crippen LogP contribution is -2.42. The lowest BCUT2D eigenvalue weighted by Gasteiger charge is -2.26. The summed E-state index contributed by atoms with van der Waals surface area (Å²) in [5.74, 6) is 0.724. The van der Waals surface area contributed by atoms with E-state index in [0.717, 1.165) is 38.5 Å². The maximum atomic E-state index is 12.2. The molecule has 0 spiro atoms. The van der Waals surface area contributed by atoms with Gasteiger partial charge in [0.25, 0.3) is 5.91 Å². The molecule has 1 unspecified atom stereocenters. The van der Waals surface area contributed by atoms with Crippen LogP contribution in [0.2, 0.25) is 0 Å². The van der Waals surface area contributed by atoms with Crippen LogP contribution in [-0.4, -0.2) is 73.6 Å². The number of aromatic nitrogens is 4. The summed E-state index contributed by atoms with van der Waals surface area (Å²) in [5, 5.41) is 23.5. The zero-order chi connectivity index (χ0) is 25.1. The second-order valence-electron chi connectivity index (χ2n) is 9.31. The van der Waals surface area contributed by atoms with Crippen LogP contribution in [0, 0.1) is 11.8 Å². The Balaban J connectivity index is 1.42. The van der Waals surface area contributed by atoms with E-state index in [9.17, 15) is 19.8 Å². The SMILES string of the molecule is CCNC(=O)[C@H]1O[C@@H](n2cnc3c(N)nc(CCCC4CCC(C(=O)OC)CC4)nc32)[C@@H](O)C1O. The molecule has 0 bridgehead atoms. The highest BCUT2D eigenvalue weighted by Crippen LogP contribution is 2.34. The van der Waals surface area contributed by atoms with Crippen LogP contribution in [0.25, 0.3) is 11.2 Å². The lowest BCUT2D eigenvalue weighted by atomic mass is 9.80. The number of aliphatic hydroxyl groups is 2. The Morgan fingerprint density at radius 3 is 2.66 bits per heavy atom. The molecule has 0 radical (unpaired) electrons. The van der Waals surface area contributed by atoms with Crippen LogP contribution in [0.5, 0.6) is 0 Å². The molecular weight excluding hydrogens is 456 g/mol. The fraction of sp³-hybridized carbons (Fsp3) is 0.696. The number of esters is 1. The minimum absolute atomic E-state index is 0.0152. The van der Waals surface area contributed by atoms with Gasteiger partial charge in [0.1, 0.15) is 23.5 Å². The van der Waals surface area contributed by atoms with Crippen molar-refractivity contribution >= 4 is 28.9 Å². The van der Waals surface area contributed by atoms with Crippen LogP contribution in [0.3, 0.4) is 0 Å². The van der Waals surface area contributed by atoms with Gasteiger partial charge in [-0.05, 0) is 44.9 Å². The molecule has 1 amide bonds. The number of imidazole rings is 1. The molecule has 0 aromatic carbocycles. The van der Waals surface area contributed by atoms with Gasteiger partial charge in [-0.1, -0.05) is 6.42 Å². The van der Waals surface area contributed by atoms with Crippen LogP contribution in [0.4, 0.5) is 5.82 Å². The third kappa shape index (κ3) is 5.24. The maximum absolute atomic E-state index is 12.2. The first kappa shape index (κ1) is 25.3. The van der Waals surface area contributed by atoms with Gasteiger partial charge in [-0.2, -0.15) is 0 Å². The predicted molar refractivity (Wildman–Crippen MR) is 125 cm³/mol. The number of nitrogens with two attached hydrogens (primary N) is 1. The highest BCUT2D eigenvalue weighted by Gasteiger charge is 2.47. The summed E-state index contributed by atoms with van der Waals surface area (Å²) in [6, 6.07) is 0. The number of nitrogens with zero attached hydrogens (tertiary/aromatic N) is 4. The topological polar surface area (TPSA) is 175 Å². The standard InChI is InChI=1S/C23H34N6O6/c1-3-25-21(32)18-16(30)17(31)22(35-18)29-11-26-15-19(24)27-14(28-20(15)29)6-4-5-12-7-9-13(10-8-12)23(33)34-2/h11-13,16-18,22,30-31H,3-10H2,1-2H3,(H,25,32)(H2,24,27,28)/t12?,13?,16?,17-,18-,22+/m0/s1. The maximum Gasteiger partial charge on any atom is 0.308 e. The molecule has 2 fully saturated rings. The quantitative estimate of drug-likeness (QED) is 0.381. The molecular formula is C23H34N6O6. The normalized spacial score (nSPS) is 28.8. The van der Waals surface area contributed by atoms with Gasteiger partial charge in [0.15, 0.2) is 23.8 Å². The van der Waals surface area contributed by atoms with Crippen LogP contribution in [0.15, 0.2) is 6.33 Å². The summed E-state index contributed by atoms with van der Waals surface area (Å²) < 4.78 is 12.0. The van der Waals surface area contributed by atoms with E-state index < -0.39 is 30.4 Å². The van der Waals surface area contributed by atoms with Gasteiger partial charge in [0.05, 0.1) is 19.4 Å². The van der Waals surface area contributed by atoms with E-state index in [1.165, 1.54) is 18.0 Å². The number of hydrogen-bond donors (Lipinski definition) is 4. The van der Waals surface area contributed by atoms with Gasteiger partial charge in [0.2, 0.25) is 0 Å². The molecule has 4 atom stereocenters. The number of aryl methyl sites for hydroxylation is 1. The van der Waals surface area contributed by atoms with E-state index in [4.69, 9.17) is 15.2 Å². The Labute approximate surface area is 203 Å². The molecule has 1 saturated carbocycles. The molecule has 1 aliphatic heterocycles. The Kier molecular flexibility index (Phi) is 7.82. The smallest absolute Gasteiger partial charge is 0.308 e. The Morgan fingerprint density at radius 2 is 1.97 bits per heavy atom.